The number of ether oxygens (including phenoxy) is 2. The lowest BCUT2D eigenvalue weighted by Gasteiger charge is -2.12. The van der Waals surface area contributed by atoms with E-state index in [0.717, 1.165) is 6.42 Å². The highest BCUT2D eigenvalue weighted by atomic mass is 35.5. The standard InChI is InChI=1S/C21H23ClN2O4/c1-3-10-28-21-16(22)11-14(12-18(21)27-2)8-9-20(26)24-17-7-5-4-6-15(17)13-19(23)25/h4-9,11-12H,3,10,13H2,1-2H3,(H2,23,25)(H,24,26)/b9-8+. The van der Waals surface area contributed by atoms with Crippen molar-refractivity contribution in [3.63, 3.8) is 0 Å². The van der Waals surface area contributed by atoms with Crippen LogP contribution in [0.25, 0.3) is 6.08 Å². The van der Waals surface area contributed by atoms with E-state index in [1.807, 2.05) is 6.92 Å². The molecule has 7 heteroatoms. The van der Waals surface area contributed by atoms with Crippen molar-refractivity contribution < 1.29 is 19.1 Å². The number of primary amides is 1. The van der Waals surface area contributed by atoms with Crippen molar-refractivity contribution in [2.75, 3.05) is 19.0 Å². The minimum Gasteiger partial charge on any atom is -0.493 e. The van der Waals surface area contributed by atoms with E-state index in [1.54, 1.807) is 42.5 Å². The summed E-state index contributed by atoms with van der Waals surface area (Å²) >= 11 is 6.28. The summed E-state index contributed by atoms with van der Waals surface area (Å²) in [6, 6.07) is 10.4. The van der Waals surface area contributed by atoms with E-state index in [-0.39, 0.29) is 12.3 Å². The lowest BCUT2D eigenvalue weighted by atomic mass is 10.1. The molecule has 0 aliphatic carbocycles. The second-order valence-corrected chi connectivity index (χ2v) is 6.41. The highest BCUT2D eigenvalue weighted by molar-refractivity contribution is 6.32. The minimum atomic E-state index is -0.468. The van der Waals surface area contributed by atoms with Gasteiger partial charge in [0.1, 0.15) is 0 Å². The number of benzene rings is 2. The van der Waals surface area contributed by atoms with Crippen LogP contribution in [0.3, 0.4) is 0 Å². The fraction of sp³-hybridized carbons (Fsp3) is 0.238. The number of hydrogen-bond acceptors (Lipinski definition) is 4. The molecule has 2 aromatic carbocycles. The number of halogens is 1. The number of nitrogens with one attached hydrogen (secondary N) is 1. The molecule has 148 valence electrons. The minimum absolute atomic E-state index is 0.0478. The molecule has 0 aliphatic heterocycles. The van der Waals surface area contributed by atoms with Gasteiger partial charge in [-0.3, -0.25) is 9.59 Å². The molecule has 28 heavy (non-hydrogen) atoms. The van der Waals surface area contributed by atoms with Gasteiger partial charge in [0.2, 0.25) is 11.8 Å². The molecule has 0 heterocycles. The first kappa shape index (κ1) is 21.3. The molecule has 0 saturated carbocycles. The van der Waals surface area contributed by atoms with Gasteiger partial charge in [-0.2, -0.15) is 0 Å². The summed E-state index contributed by atoms with van der Waals surface area (Å²) in [6.45, 7) is 2.52. The Labute approximate surface area is 169 Å². The number of carbonyl (C=O) groups excluding carboxylic acids is 2. The monoisotopic (exact) mass is 402 g/mol. The highest BCUT2D eigenvalue weighted by Crippen LogP contribution is 2.36. The third-order valence-electron chi connectivity index (χ3n) is 3.77. The van der Waals surface area contributed by atoms with Gasteiger partial charge in [0.25, 0.3) is 0 Å². The van der Waals surface area contributed by atoms with Crippen LogP contribution in [0.1, 0.15) is 24.5 Å². The number of hydrogen-bond donors (Lipinski definition) is 2. The van der Waals surface area contributed by atoms with Crippen molar-refractivity contribution >= 4 is 35.2 Å². The van der Waals surface area contributed by atoms with Crippen molar-refractivity contribution in [2.24, 2.45) is 5.73 Å². The molecule has 0 radical (unpaired) electrons. The zero-order chi connectivity index (χ0) is 20.5. The topological polar surface area (TPSA) is 90.6 Å². The average Bonchev–Trinajstić information content (AvgIpc) is 2.66. The Morgan fingerprint density at radius 1 is 1.25 bits per heavy atom. The molecule has 0 aromatic heterocycles. The van der Waals surface area contributed by atoms with Gasteiger partial charge < -0.3 is 20.5 Å². The van der Waals surface area contributed by atoms with Gasteiger partial charge in [-0.05, 0) is 41.8 Å². The smallest absolute Gasteiger partial charge is 0.248 e. The van der Waals surface area contributed by atoms with E-state index < -0.39 is 5.91 Å². The zero-order valence-electron chi connectivity index (χ0n) is 15.8. The lowest BCUT2D eigenvalue weighted by molar-refractivity contribution is -0.117. The van der Waals surface area contributed by atoms with Crippen LogP contribution in [0, 0.1) is 0 Å². The van der Waals surface area contributed by atoms with Gasteiger partial charge in [0.15, 0.2) is 11.5 Å². The first-order chi connectivity index (χ1) is 13.4. The summed E-state index contributed by atoms with van der Waals surface area (Å²) in [7, 11) is 1.53. The fourth-order valence-corrected chi connectivity index (χ4v) is 2.78. The van der Waals surface area contributed by atoms with E-state index in [2.05, 4.69) is 5.32 Å². The number of para-hydroxylation sites is 1. The van der Waals surface area contributed by atoms with E-state index >= 15 is 0 Å². The van der Waals surface area contributed by atoms with Crippen LogP contribution in [0.15, 0.2) is 42.5 Å². The van der Waals surface area contributed by atoms with Crippen LogP contribution >= 0.6 is 11.6 Å². The highest BCUT2D eigenvalue weighted by Gasteiger charge is 2.11. The van der Waals surface area contributed by atoms with Gasteiger partial charge >= 0.3 is 0 Å². The number of amides is 2. The Balaban J connectivity index is 2.14. The van der Waals surface area contributed by atoms with Crippen molar-refractivity contribution in [3.05, 3.63) is 58.6 Å². The SMILES string of the molecule is CCCOc1c(Cl)cc(/C=C/C(=O)Nc2ccccc2CC(N)=O)cc1OC. The van der Waals surface area contributed by atoms with Crippen LogP contribution in [0.2, 0.25) is 5.02 Å². The first-order valence-electron chi connectivity index (χ1n) is 8.80. The van der Waals surface area contributed by atoms with E-state index in [0.29, 0.717) is 39.9 Å². The molecule has 0 bridgehead atoms. The summed E-state index contributed by atoms with van der Waals surface area (Å²) in [4.78, 5) is 23.4. The van der Waals surface area contributed by atoms with E-state index in [4.69, 9.17) is 26.8 Å². The molecule has 0 spiro atoms. The van der Waals surface area contributed by atoms with E-state index in [9.17, 15) is 9.59 Å². The van der Waals surface area contributed by atoms with Gasteiger partial charge in [-0.1, -0.05) is 36.7 Å². The Morgan fingerprint density at radius 2 is 2.00 bits per heavy atom. The van der Waals surface area contributed by atoms with Crippen LogP contribution < -0.4 is 20.5 Å². The van der Waals surface area contributed by atoms with Crippen molar-refractivity contribution in [1.29, 1.82) is 0 Å². The quantitative estimate of drug-likeness (QED) is 0.624. The molecule has 2 aromatic rings. The fourth-order valence-electron chi connectivity index (χ4n) is 2.51. The van der Waals surface area contributed by atoms with Crippen LogP contribution in [0.4, 0.5) is 5.69 Å². The number of methoxy groups -OCH3 is 1. The molecule has 6 nitrogen and oxygen atoms in total. The van der Waals surface area contributed by atoms with Crippen LogP contribution in [0.5, 0.6) is 11.5 Å². The summed E-state index contributed by atoms with van der Waals surface area (Å²) < 4.78 is 10.9. The normalized spacial score (nSPS) is 10.7. The zero-order valence-corrected chi connectivity index (χ0v) is 16.6. The van der Waals surface area contributed by atoms with Crippen LogP contribution in [-0.4, -0.2) is 25.5 Å². The van der Waals surface area contributed by atoms with Gasteiger partial charge in [-0.25, -0.2) is 0 Å². The van der Waals surface area contributed by atoms with Crippen molar-refractivity contribution in [3.8, 4) is 11.5 Å². The van der Waals surface area contributed by atoms with Crippen molar-refractivity contribution in [1.82, 2.24) is 0 Å². The second kappa shape index (κ2) is 10.4. The van der Waals surface area contributed by atoms with Crippen LogP contribution in [-0.2, 0) is 16.0 Å². The summed E-state index contributed by atoms with van der Waals surface area (Å²) in [5, 5.41) is 3.15. The number of anilines is 1. The lowest BCUT2D eigenvalue weighted by Crippen LogP contribution is -2.16. The Morgan fingerprint density at radius 3 is 2.68 bits per heavy atom. The second-order valence-electron chi connectivity index (χ2n) is 6.01. The molecule has 0 atom stereocenters. The Bertz CT molecular complexity index is 881. The number of rotatable bonds is 9. The van der Waals surface area contributed by atoms with E-state index in [1.165, 1.54) is 13.2 Å². The summed E-state index contributed by atoms with van der Waals surface area (Å²) in [5.41, 5.74) is 7.12. The molecular weight excluding hydrogens is 380 g/mol. The largest absolute Gasteiger partial charge is 0.493 e. The third-order valence-corrected chi connectivity index (χ3v) is 4.05. The maximum atomic E-state index is 12.3. The van der Waals surface area contributed by atoms with Gasteiger partial charge in [0, 0.05) is 11.8 Å². The molecule has 0 aliphatic rings. The molecule has 0 unspecified atom stereocenters. The predicted molar refractivity (Wildman–Crippen MR) is 111 cm³/mol. The maximum Gasteiger partial charge on any atom is 0.248 e. The maximum absolute atomic E-state index is 12.3. The summed E-state index contributed by atoms with van der Waals surface area (Å²) in [6.07, 6.45) is 3.88. The Kier molecular flexibility index (Phi) is 7.89. The third kappa shape index (κ3) is 6.03. The molecule has 3 N–H and O–H groups in total. The molecule has 2 rings (SSSR count). The van der Waals surface area contributed by atoms with Gasteiger partial charge in [-0.15, -0.1) is 0 Å². The number of nitrogens with two attached hydrogens (primary N) is 1. The molecule has 2 amide bonds. The molecule has 0 fully saturated rings. The number of carbonyl (C=O) groups is 2. The van der Waals surface area contributed by atoms with Gasteiger partial charge in [0.05, 0.1) is 25.2 Å². The first-order valence-corrected chi connectivity index (χ1v) is 9.18. The Hall–Kier alpha value is -2.99. The summed E-state index contributed by atoms with van der Waals surface area (Å²) in [5.74, 6) is 0.156. The average molecular weight is 403 g/mol. The predicted octanol–water partition coefficient (Wildman–Crippen LogP) is 3.82. The molecule has 0 saturated heterocycles. The van der Waals surface area contributed by atoms with Crippen molar-refractivity contribution in [2.45, 2.75) is 19.8 Å². The molecular formula is C21H23ClN2O4.